The second kappa shape index (κ2) is 4.76. The summed E-state index contributed by atoms with van der Waals surface area (Å²) in [5, 5.41) is 11.6. The minimum absolute atomic E-state index is 0.259. The number of furan rings is 1. The van der Waals surface area contributed by atoms with Gasteiger partial charge in [-0.15, -0.1) is 0 Å². The van der Waals surface area contributed by atoms with E-state index in [1.165, 1.54) is 0 Å². The normalized spacial score (nSPS) is 9.83. The predicted molar refractivity (Wildman–Crippen MR) is 67.3 cm³/mol. The fourth-order valence-electron chi connectivity index (χ4n) is 1.57. The molecule has 1 N–H and O–H groups in total. The Hall–Kier alpha value is -2.54. The van der Waals surface area contributed by atoms with Gasteiger partial charge < -0.3 is 9.73 Å². The maximum atomic E-state index is 11.9. The summed E-state index contributed by atoms with van der Waals surface area (Å²) in [7, 11) is 0. The van der Waals surface area contributed by atoms with Crippen LogP contribution in [0.4, 0.5) is 5.69 Å². The third-order valence-corrected chi connectivity index (χ3v) is 2.58. The molecule has 4 nitrogen and oxygen atoms in total. The van der Waals surface area contributed by atoms with Gasteiger partial charge in [0.2, 0.25) is 0 Å². The smallest absolute Gasteiger partial charge is 0.291 e. The minimum Gasteiger partial charge on any atom is -0.456 e. The molecule has 2 aromatic rings. The van der Waals surface area contributed by atoms with Crippen molar-refractivity contribution < 1.29 is 9.21 Å². The molecule has 2 rings (SSSR count). The Bertz CT molecular complexity index is 635. The summed E-state index contributed by atoms with van der Waals surface area (Å²) in [6.45, 7) is 3.64. The molecule has 0 unspecified atom stereocenters. The first-order valence-corrected chi connectivity index (χ1v) is 5.48. The van der Waals surface area contributed by atoms with Crippen LogP contribution >= 0.6 is 0 Å². The van der Waals surface area contributed by atoms with E-state index in [2.05, 4.69) is 5.32 Å². The van der Waals surface area contributed by atoms with Gasteiger partial charge in [-0.25, -0.2) is 0 Å². The van der Waals surface area contributed by atoms with Gasteiger partial charge in [-0.05, 0) is 43.7 Å². The van der Waals surface area contributed by atoms with E-state index in [0.717, 1.165) is 5.56 Å². The van der Waals surface area contributed by atoms with Crippen molar-refractivity contribution in [3.63, 3.8) is 0 Å². The van der Waals surface area contributed by atoms with Gasteiger partial charge >= 0.3 is 0 Å². The first-order chi connectivity index (χ1) is 8.60. The molecule has 0 spiro atoms. The Labute approximate surface area is 105 Å². The SMILES string of the molecule is Cc1ccc(C(=O)Nc2cc(C#N)ccc2C)o1. The van der Waals surface area contributed by atoms with E-state index in [9.17, 15) is 4.79 Å². The van der Waals surface area contributed by atoms with Crippen molar-refractivity contribution in [1.82, 2.24) is 0 Å². The first-order valence-electron chi connectivity index (χ1n) is 5.48. The number of carbonyl (C=O) groups is 1. The molecule has 0 bridgehead atoms. The molecular weight excluding hydrogens is 228 g/mol. The quantitative estimate of drug-likeness (QED) is 0.877. The first kappa shape index (κ1) is 11.9. The number of hydrogen-bond donors (Lipinski definition) is 1. The summed E-state index contributed by atoms with van der Waals surface area (Å²) < 4.78 is 5.24. The average Bonchev–Trinajstić information content (AvgIpc) is 2.79. The van der Waals surface area contributed by atoms with Crippen molar-refractivity contribution in [3.05, 3.63) is 53.0 Å². The number of carbonyl (C=O) groups excluding carboxylic acids is 1. The van der Waals surface area contributed by atoms with E-state index in [4.69, 9.17) is 9.68 Å². The molecule has 0 aliphatic rings. The fraction of sp³-hybridized carbons (Fsp3) is 0.143. The Kier molecular flexibility index (Phi) is 3.16. The van der Waals surface area contributed by atoms with Crippen molar-refractivity contribution in [2.75, 3.05) is 5.32 Å². The third-order valence-electron chi connectivity index (χ3n) is 2.58. The lowest BCUT2D eigenvalue weighted by Crippen LogP contribution is -2.12. The van der Waals surface area contributed by atoms with E-state index in [1.54, 1.807) is 37.3 Å². The summed E-state index contributed by atoms with van der Waals surface area (Å²) >= 11 is 0. The maximum absolute atomic E-state index is 11.9. The van der Waals surface area contributed by atoms with Crippen LogP contribution in [-0.2, 0) is 0 Å². The number of hydrogen-bond acceptors (Lipinski definition) is 3. The lowest BCUT2D eigenvalue weighted by molar-refractivity contribution is 0.0995. The Morgan fingerprint density at radius 1 is 1.28 bits per heavy atom. The van der Waals surface area contributed by atoms with Crippen LogP contribution in [0.15, 0.2) is 34.7 Å². The number of benzene rings is 1. The lowest BCUT2D eigenvalue weighted by atomic mass is 10.1. The highest BCUT2D eigenvalue weighted by molar-refractivity contribution is 6.02. The van der Waals surface area contributed by atoms with Crippen molar-refractivity contribution >= 4 is 11.6 Å². The van der Waals surface area contributed by atoms with Gasteiger partial charge in [-0.2, -0.15) is 5.26 Å². The molecule has 0 aliphatic heterocycles. The standard InChI is InChI=1S/C14H12N2O2/c1-9-3-5-11(8-15)7-12(9)16-14(17)13-6-4-10(2)18-13/h3-7H,1-2H3,(H,16,17). The zero-order chi connectivity index (χ0) is 13.1. The van der Waals surface area contributed by atoms with Crippen LogP contribution in [0, 0.1) is 25.2 Å². The molecule has 18 heavy (non-hydrogen) atoms. The highest BCUT2D eigenvalue weighted by Gasteiger charge is 2.11. The maximum Gasteiger partial charge on any atom is 0.291 e. The molecule has 0 radical (unpaired) electrons. The van der Waals surface area contributed by atoms with Crippen LogP contribution in [0.3, 0.4) is 0 Å². The Balaban J connectivity index is 2.24. The van der Waals surface area contributed by atoms with Crippen LogP contribution in [0.2, 0.25) is 0 Å². The molecule has 4 heteroatoms. The van der Waals surface area contributed by atoms with Gasteiger partial charge in [0.05, 0.1) is 11.6 Å². The zero-order valence-electron chi connectivity index (χ0n) is 10.2. The number of nitrogens with one attached hydrogen (secondary N) is 1. The van der Waals surface area contributed by atoms with Crippen molar-refractivity contribution in [1.29, 1.82) is 5.26 Å². The fourth-order valence-corrected chi connectivity index (χ4v) is 1.57. The van der Waals surface area contributed by atoms with Gasteiger partial charge in [0.15, 0.2) is 5.76 Å². The molecule has 1 aromatic heterocycles. The second-order valence-electron chi connectivity index (χ2n) is 4.01. The molecular formula is C14H12N2O2. The van der Waals surface area contributed by atoms with E-state index in [1.807, 2.05) is 13.0 Å². The number of rotatable bonds is 2. The van der Waals surface area contributed by atoms with Crippen LogP contribution in [0.1, 0.15) is 27.4 Å². The van der Waals surface area contributed by atoms with Gasteiger partial charge in [0.1, 0.15) is 5.76 Å². The largest absolute Gasteiger partial charge is 0.456 e. The van der Waals surface area contributed by atoms with Gasteiger partial charge in [0, 0.05) is 5.69 Å². The predicted octanol–water partition coefficient (Wildman–Crippen LogP) is 3.02. The van der Waals surface area contributed by atoms with E-state index >= 15 is 0 Å². The molecule has 1 heterocycles. The molecule has 90 valence electrons. The highest BCUT2D eigenvalue weighted by atomic mass is 16.3. The summed E-state index contributed by atoms with van der Waals surface area (Å²) in [5.41, 5.74) is 2.02. The topological polar surface area (TPSA) is 66.0 Å². The van der Waals surface area contributed by atoms with E-state index in [0.29, 0.717) is 17.0 Å². The Morgan fingerprint density at radius 2 is 2.06 bits per heavy atom. The van der Waals surface area contributed by atoms with Crippen molar-refractivity contribution in [2.24, 2.45) is 0 Å². The van der Waals surface area contributed by atoms with Gasteiger partial charge in [-0.3, -0.25) is 4.79 Å². The molecule has 1 amide bonds. The molecule has 1 aromatic carbocycles. The number of aryl methyl sites for hydroxylation is 2. The summed E-state index contributed by atoms with van der Waals surface area (Å²) in [5.74, 6) is 0.623. The van der Waals surface area contributed by atoms with Crippen LogP contribution < -0.4 is 5.32 Å². The van der Waals surface area contributed by atoms with Crippen LogP contribution in [0.5, 0.6) is 0 Å². The number of nitriles is 1. The van der Waals surface area contributed by atoms with Gasteiger partial charge in [-0.1, -0.05) is 6.07 Å². The third kappa shape index (κ3) is 2.41. The van der Waals surface area contributed by atoms with Gasteiger partial charge in [0.25, 0.3) is 5.91 Å². The molecule has 0 aliphatic carbocycles. The van der Waals surface area contributed by atoms with Crippen molar-refractivity contribution in [3.8, 4) is 6.07 Å². The van der Waals surface area contributed by atoms with E-state index < -0.39 is 0 Å². The number of anilines is 1. The summed E-state index contributed by atoms with van der Waals surface area (Å²) in [6.07, 6.45) is 0. The van der Waals surface area contributed by atoms with Crippen LogP contribution in [-0.4, -0.2) is 5.91 Å². The molecule has 0 saturated carbocycles. The van der Waals surface area contributed by atoms with Crippen molar-refractivity contribution in [2.45, 2.75) is 13.8 Å². The summed E-state index contributed by atoms with van der Waals surface area (Å²) in [4.78, 5) is 11.9. The lowest BCUT2D eigenvalue weighted by Gasteiger charge is -2.07. The zero-order valence-corrected chi connectivity index (χ0v) is 10.2. The monoisotopic (exact) mass is 240 g/mol. The molecule has 0 saturated heterocycles. The minimum atomic E-state index is -0.318. The number of nitrogens with zero attached hydrogens (tertiary/aromatic N) is 1. The Morgan fingerprint density at radius 3 is 2.67 bits per heavy atom. The summed E-state index contributed by atoms with van der Waals surface area (Å²) in [6, 6.07) is 10.5. The van der Waals surface area contributed by atoms with E-state index in [-0.39, 0.29) is 11.7 Å². The number of amides is 1. The second-order valence-corrected chi connectivity index (χ2v) is 4.01. The average molecular weight is 240 g/mol. The molecule has 0 atom stereocenters. The highest BCUT2D eigenvalue weighted by Crippen LogP contribution is 2.18. The molecule has 0 fully saturated rings. The van der Waals surface area contributed by atoms with Crippen LogP contribution in [0.25, 0.3) is 0 Å².